The van der Waals surface area contributed by atoms with Gasteiger partial charge < -0.3 is 19.1 Å². The number of carbonyl (C=O) groups is 1. The molecule has 2 aliphatic heterocycles. The number of piperidine rings is 1. The molecular formula is C26H39N5O3. The fourth-order valence-electron chi connectivity index (χ4n) is 4.82. The van der Waals surface area contributed by atoms with Crippen molar-refractivity contribution in [2.24, 2.45) is 0 Å². The Balaban J connectivity index is 1.38. The molecule has 0 saturated carbocycles. The first-order valence-electron chi connectivity index (χ1n) is 13.0. The van der Waals surface area contributed by atoms with Gasteiger partial charge in [0.2, 0.25) is 5.91 Å². The number of carbonyl (C=O) groups excluding carboxylic acids is 1. The summed E-state index contributed by atoms with van der Waals surface area (Å²) in [6.07, 6.45) is 10.2. The van der Waals surface area contributed by atoms with Crippen LogP contribution in [-0.2, 0) is 11.2 Å². The molecule has 2 aromatic rings. The highest BCUT2D eigenvalue weighted by atomic mass is 16.5. The van der Waals surface area contributed by atoms with Gasteiger partial charge in [-0.15, -0.1) is 0 Å². The van der Waals surface area contributed by atoms with Gasteiger partial charge >= 0.3 is 6.01 Å². The molecule has 1 fully saturated rings. The normalized spacial score (nSPS) is 19.1. The second-order valence-electron chi connectivity index (χ2n) is 9.94. The molecule has 186 valence electrons. The summed E-state index contributed by atoms with van der Waals surface area (Å²) in [4.78, 5) is 25.2. The summed E-state index contributed by atoms with van der Waals surface area (Å²) in [5.74, 6) is 2.56. The molecule has 0 atom stereocenters. The van der Waals surface area contributed by atoms with Gasteiger partial charge in [-0.2, -0.15) is 4.98 Å². The highest BCUT2D eigenvalue weighted by molar-refractivity contribution is 5.73. The van der Waals surface area contributed by atoms with Gasteiger partial charge in [0, 0.05) is 50.6 Å². The van der Waals surface area contributed by atoms with Gasteiger partial charge in [0.25, 0.3) is 0 Å². The van der Waals surface area contributed by atoms with Crippen LogP contribution in [0.4, 0.5) is 6.01 Å². The molecule has 8 nitrogen and oxygen atoms in total. The number of amides is 1. The Bertz CT molecular complexity index is 936. The Hall–Kier alpha value is -2.64. The van der Waals surface area contributed by atoms with Crippen LogP contribution in [0.1, 0.15) is 94.6 Å². The average Bonchev–Trinajstić information content (AvgIpc) is 3.33. The van der Waals surface area contributed by atoms with Crippen LogP contribution in [-0.4, -0.2) is 58.7 Å². The van der Waals surface area contributed by atoms with Gasteiger partial charge in [0.05, 0.1) is 12.8 Å². The van der Waals surface area contributed by atoms with E-state index in [1.54, 1.807) is 6.92 Å². The third-order valence-electron chi connectivity index (χ3n) is 7.00. The fourth-order valence-corrected chi connectivity index (χ4v) is 4.82. The van der Waals surface area contributed by atoms with Crippen molar-refractivity contribution >= 4 is 11.9 Å². The maximum absolute atomic E-state index is 11.6. The summed E-state index contributed by atoms with van der Waals surface area (Å²) in [5, 5.41) is 4.14. The average molecular weight is 470 g/mol. The fraction of sp³-hybridized carbons (Fsp3) is 0.692. The lowest BCUT2D eigenvalue weighted by Crippen LogP contribution is -2.36. The lowest BCUT2D eigenvalue weighted by Gasteiger charge is -2.31. The van der Waals surface area contributed by atoms with Crippen molar-refractivity contribution in [2.75, 3.05) is 37.7 Å². The molecule has 34 heavy (non-hydrogen) atoms. The van der Waals surface area contributed by atoms with E-state index in [9.17, 15) is 4.79 Å². The molecule has 1 saturated heterocycles. The lowest BCUT2D eigenvalue weighted by molar-refractivity contribution is -0.129. The molecule has 1 amide bonds. The van der Waals surface area contributed by atoms with Crippen LogP contribution in [0.2, 0.25) is 0 Å². The number of pyridine rings is 1. The predicted octanol–water partition coefficient (Wildman–Crippen LogP) is 4.71. The van der Waals surface area contributed by atoms with Crippen LogP contribution in [0.3, 0.4) is 0 Å². The maximum Gasteiger partial charge on any atom is 0.324 e. The standard InChI is InChI=1S/C26H39N5O3/c1-19(2)25-28-26(34-29-25)31-12-6-4-5-9-22-17-23(21-10-14-30(15-11-21)20(3)32)27-18-24(22)33-16-8-7-13-31/h17-19,21H,4-16H2,1-3H3. The summed E-state index contributed by atoms with van der Waals surface area (Å²) in [5.41, 5.74) is 2.42. The van der Waals surface area contributed by atoms with Crippen molar-refractivity contribution < 1.29 is 14.1 Å². The van der Waals surface area contributed by atoms with E-state index in [-0.39, 0.29) is 11.8 Å². The number of nitrogens with zero attached hydrogens (tertiary/aromatic N) is 5. The van der Waals surface area contributed by atoms with E-state index in [0.29, 0.717) is 18.5 Å². The van der Waals surface area contributed by atoms with Crippen LogP contribution in [0.15, 0.2) is 16.8 Å². The van der Waals surface area contributed by atoms with Crippen LogP contribution in [0, 0.1) is 0 Å². The Kier molecular flexibility index (Phi) is 8.40. The second-order valence-corrected chi connectivity index (χ2v) is 9.94. The van der Waals surface area contributed by atoms with Gasteiger partial charge in [-0.3, -0.25) is 9.78 Å². The molecule has 0 spiro atoms. The number of hydrogen-bond donors (Lipinski definition) is 0. The summed E-state index contributed by atoms with van der Waals surface area (Å²) < 4.78 is 11.7. The summed E-state index contributed by atoms with van der Waals surface area (Å²) >= 11 is 0. The number of likely N-dealkylation sites (tertiary alicyclic amines) is 1. The first-order valence-corrected chi connectivity index (χ1v) is 13.0. The minimum Gasteiger partial charge on any atom is -0.492 e. The number of ether oxygens (including phenoxy) is 1. The highest BCUT2D eigenvalue weighted by Crippen LogP contribution is 2.31. The van der Waals surface area contributed by atoms with E-state index in [1.807, 2.05) is 11.1 Å². The molecule has 0 bridgehead atoms. The van der Waals surface area contributed by atoms with Crippen molar-refractivity contribution in [3.05, 3.63) is 29.3 Å². The van der Waals surface area contributed by atoms with E-state index in [2.05, 4.69) is 35.0 Å². The number of fused-ring (bicyclic) bond motifs is 1. The van der Waals surface area contributed by atoms with Crippen molar-refractivity contribution in [1.82, 2.24) is 20.0 Å². The van der Waals surface area contributed by atoms with Crippen LogP contribution >= 0.6 is 0 Å². The number of aromatic nitrogens is 3. The largest absolute Gasteiger partial charge is 0.492 e. The van der Waals surface area contributed by atoms with E-state index in [1.165, 1.54) is 5.56 Å². The maximum atomic E-state index is 11.6. The van der Waals surface area contributed by atoms with Gasteiger partial charge in [-0.05, 0) is 56.6 Å². The smallest absolute Gasteiger partial charge is 0.324 e. The van der Waals surface area contributed by atoms with Crippen LogP contribution < -0.4 is 9.64 Å². The van der Waals surface area contributed by atoms with Crippen molar-refractivity contribution in [3.63, 3.8) is 0 Å². The first kappa shape index (κ1) is 24.5. The Labute approximate surface area is 203 Å². The number of hydrogen-bond acceptors (Lipinski definition) is 7. The zero-order chi connectivity index (χ0) is 23.9. The minimum atomic E-state index is 0.172. The van der Waals surface area contributed by atoms with E-state index in [4.69, 9.17) is 14.2 Å². The van der Waals surface area contributed by atoms with Crippen molar-refractivity contribution in [2.45, 2.75) is 84.0 Å². The summed E-state index contributed by atoms with van der Waals surface area (Å²) in [6, 6.07) is 2.91. The molecule has 0 aliphatic carbocycles. The minimum absolute atomic E-state index is 0.172. The molecule has 2 aliphatic rings. The van der Waals surface area contributed by atoms with Gasteiger partial charge in [-0.25, -0.2) is 0 Å². The number of aryl methyl sites for hydroxylation is 1. The zero-order valence-corrected chi connectivity index (χ0v) is 21.0. The molecule has 2 aromatic heterocycles. The molecule has 4 heterocycles. The Morgan fingerprint density at radius 2 is 1.82 bits per heavy atom. The van der Waals surface area contributed by atoms with Crippen LogP contribution in [0.25, 0.3) is 0 Å². The highest BCUT2D eigenvalue weighted by Gasteiger charge is 2.24. The van der Waals surface area contributed by atoms with E-state index < -0.39 is 0 Å². The van der Waals surface area contributed by atoms with Crippen molar-refractivity contribution in [3.8, 4) is 5.75 Å². The van der Waals surface area contributed by atoms with E-state index in [0.717, 1.165) is 94.8 Å². The third-order valence-corrected chi connectivity index (χ3v) is 7.00. The molecule has 4 rings (SSSR count). The van der Waals surface area contributed by atoms with E-state index >= 15 is 0 Å². The van der Waals surface area contributed by atoms with Gasteiger partial charge in [0.15, 0.2) is 5.82 Å². The van der Waals surface area contributed by atoms with Gasteiger partial charge in [-0.1, -0.05) is 25.4 Å². The van der Waals surface area contributed by atoms with Gasteiger partial charge in [0.1, 0.15) is 5.75 Å². The number of rotatable bonds is 3. The molecule has 8 heteroatoms. The summed E-state index contributed by atoms with van der Waals surface area (Å²) in [7, 11) is 0. The topological polar surface area (TPSA) is 84.6 Å². The molecule has 0 radical (unpaired) electrons. The Morgan fingerprint density at radius 3 is 2.53 bits per heavy atom. The zero-order valence-electron chi connectivity index (χ0n) is 21.0. The summed E-state index contributed by atoms with van der Waals surface area (Å²) in [6.45, 7) is 9.98. The van der Waals surface area contributed by atoms with Crippen LogP contribution in [0.5, 0.6) is 5.75 Å². The molecular weight excluding hydrogens is 430 g/mol. The number of anilines is 1. The molecule has 0 aromatic carbocycles. The first-order chi connectivity index (χ1) is 16.5. The SMILES string of the molecule is CC(=O)N1CCC(c2cc3c(cn2)OCCCCN(c2nc(C(C)C)no2)CCCCC3)CC1. The quantitative estimate of drug-likeness (QED) is 0.644. The third kappa shape index (κ3) is 6.27. The van der Waals surface area contributed by atoms with Crippen molar-refractivity contribution in [1.29, 1.82) is 0 Å². The predicted molar refractivity (Wildman–Crippen MR) is 131 cm³/mol. The Morgan fingerprint density at radius 1 is 1.06 bits per heavy atom. The lowest BCUT2D eigenvalue weighted by atomic mass is 9.91. The monoisotopic (exact) mass is 469 g/mol. The molecule has 0 N–H and O–H groups in total. The molecule has 0 unspecified atom stereocenters. The second kappa shape index (κ2) is 11.7.